The Balaban J connectivity index is 1.30. The quantitative estimate of drug-likeness (QED) is 0.190. The van der Waals surface area contributed by atoms with E-state index in [1.807, 2.05) is 18.5 Å². The van der Waals surface area contributed by atoms with Crippen molar-refractivity contribution in [2.24, 2.45) is 0 Å². The van der Waals surface area contributed by atoms with Crippen LogP contribution in [0.2, 0.25) is 0 Å². The third kappa shape index (κ3) is 2.72. The Hall–Kier alpha value is -6.51. The molecule has 0 spiro atoms. The highest BCUT2D eigenvalue weighted by atomic mass is 15.0. The molecule has 0 aliphatic rings. The van der Waals surface area contributed by atoms with Gasteiger partial charge in [-0.3, -0.25) is 9.97 Å². The van der Waals surface area contributed by atoms with Crippen molar-refractivity contribution < 1.29 is 0 Å². The minimum atomic E-state index is 0.617. The fourth-order valence-electron chi connectivity index (χ4n) is 8.26. The summed E-state index contributed by atoms with van der Waals surface area (Å²) in [6, 6.07) is 43.0. The van der Waals surface area contributed by atoms with Crippen LogP contribution in [0.1, 0.15) is 5.56 Å². The van der Waals surface area contributed by atoms with Crippen molar-refractivity contribution in [1.29, 1.82) is 5.26 Å². The molecule has 46 heavy (non-hydrogen) atoms. The molecule has 0 aliphatic heterocycles. The van der Waals surface area contributed by atoms with Crippen LogP contribution in [-0.4, -0.2) is 19.1 Å². The van der Waals surface area contributed by atoms with Crippen LogP contribution in [-0.2, 0) is 0 Å². The molecule has 0 saturated carbocycles. The Bertz CT molecular complexity index is 2720. The summed E-state index contributed by atoms with van der Waals surface area (Å²) in [5.74, 6) is 0. The summed E-state index contributed by atoms with van der Waals surface area (Å²) in [7, 11) is 0. The largest absolute Gasteiger partial charge is 0.308 e. The summed E-state index contributed by atoms with van der Waals surface area (Å²) in [4.78, 5) is 9.71. The zero-order valence-corrected chi connectivity index (χ0v) is 24.4. The molecule has 11 aromatic rings. The zero-order chi connectivity index (χ0) is 30.1. The van der Waals surface area contributed by atoms with Gasteiger partial charge in [0.2, 0.25) is 0 Å². The first-order chi connectivity index (χ1) is 22.8. The molecule has 0 fully saturated rings. The number of pyridine rings is 2. The molecule has 7 aromatic carbocycles. The summed E-state index contributed by atoms with van der Waals surface area (Å²) in [5, 5.41) is 22.6. The van der Waals surface area contributed by atoms with Crippen LogP contribution in [0.3, 0.4) is 0 Å². The van der Waals surface area contributed by atoms with E-state index in [1.165, 1.54) is 32.3 Å². The molecule has 210 valence electrons. The van der Waals surface area contributed by atoms with Gasteiger partial charge in [0.05, 0.1) is 44.5 Å². The van der Waals surface area contributed by atoms with Gasteiger partial charge < -0.3 is 9.13 Å². The van der Waals surface area contributed by atoms with Crippen LogP contribution < -0.4 is 0 Å². The van der Waals surface area contributed by atoms with Crippen molar-refractivity contribution in [3.63, 3.8) is 0 Å². The van der Waals surface area contributed by atoms with E-state index in [1.54, 1.807) is 0 Å². The molecule has 5 nitrogen and oxygen atoms in total. The van der Waals surface area contributed by atoms with Crippen molar-refractivity contribution in [2.75, 3.05) is 0 Å². The Morgan fingerprint density at radius 1 is 0.413 bits per heavy atom. The fourth-order valence-corrected chi connectivity index (χ4v) is 8.26. The first kappa shape index (κ1) is 23.9. The first-order valence-corrected chi connectivity index (χ1v) is 15.4. The highest BCUT2D eigenvalue weighted by Gasteiger charge is 2.25. The number of nitrogens with zero attached hydrogens (tertiary/aromatic N) is 5. The molecular weight excluding hydrogens is 562 g/mol. The van der Waals surface area contributed by atoms with Crippen LogP contribution in [0.5, 0.6) is 0 Å². The fraction of sp³-hybridized carbons (Fsp3) is 0. The van der Waals surface area contributed by atoms with Gasteiger partial charge in [-0.25, -0.2) is 0 Å². The SMILES string of the molecule is N#Cc1c(-n2c3cccc4c5cccnc5c5cccc2c5c43)cccc1-n1c2cccc3c4ccccc4c4nccc1c4c32. The molecule has 4 aromatic heterocycles. The van der Waals surface area contributed by atoms with Gasteiger partial charge in [0.25, 0.3) is 0 Å². The highest BCUT2D eigenvalue weighted by molar-refractivity contribution is 6.35. The summed E-state index contributed by atoms with van der Waals surface area (Å²) >= 11 is 0. The number of aromatic nitrogens is 4. The second kappa shape index (κ2) is 8.35. The molecule has 0 aliphatic carbocycles. The van der Waals surface area contributed by atoms with Crippen LogP contribution in [0.4, 0.5) is 0 Å². The number of hydrogen-bond acceptors (Lipinski definition) is 3. The van der Waals surface area contributed by atoms with Gasteiger partial charge in [-0.15, -0.1) is 0 Å². The Kier molecular flexibility index (Phi) is 4.34. The molecule has 0 bridgehead atoms. The molecule has 5 heteroatoms. The van der Waals surface area contributed by atoms with E-state index in [2.05, 4.69) is 124 Å². The minimum absolute atomic E-state index is 0.617. The van der Waals surface area contributed by atoms with E-state index in [-0.39, 0.29) is 0 Å². The number of rotatable bonds is 2. The molecule has 0 amide bonds. The molecule has 0 saturated heterocycles. The second-order valence-corrected chi connectivity index (χ2v) is 12.1. The third-order valence-electron chi connectivity index (χ3n) is 9.96. The molecule has 0 atom stereocenters. The lowest BCUT2D eigenvalue weighted by Crippen LogP contribution is -2.03. The van der Waals surface area contributed by atoms with Gasteiger partial charge in [-0.1, -0.05) is 72.8 Å². The third-order valence-corrected chi connectivity index (χ3v) is 9.96. The van der Waals surface area contributed by atoms with Crippen molar-refractivity contribution in [2.45, 2.75) is 0 Å². The number of hydrogen-bond donors (Lipinski definition) is 0. The van der Waals surface area contributed by atoms with Crippen LogP contribution in [0.15, 0.2) is 128 Å². The Labute approximate surface area is 261 Å². The normalized spacial score (nSPS) is 12.3. The molecule has 0 radical (unpaired) electrons. The molecule has 0 unspecified atom stereocenters. The van der Waals surface area contributed by atoms with E-state index in [4.69, 9.17) is 9.97 Å². The van der Waals surface area contributed by atoms with Gasteiger partial charge in [0.1, 0.15) is 11.6 Å². The summed E-state index contributed by atoms with van der Waals surface area (Å²) in [5.41, 5.74) is 8.55. The minimum Gasteiger partial charge on any atom is -0.308 e. The smallest absolute Gasteiger partial charge is 0.104 e. The summed E-state index contributed by atoms with van der Waals surface area (Å²) in [6.45, 7) is 0. The van der Waals surface area contributed by atoms with Crippen molar-refractivity contribution in [3.05, 3.63) is 133 Å². The van der Waals surface area contributed by atoms with E-state index in [0.29, 0.717) is 5.56 Å². The Morgan fingerprint density at radius 2 is 0.913 bits per heavy atom. The predicted molar refractivity (Wildman–Crippen MR) is 188 cm³/mol. The lowest BCUT2D eigenvalue weighted by atomic mass is 9.97. The van der Waals surface area contributed by atoms with Crippen LogP contribution in [0, 0.1) is 11.3 Å². The first-order valence-electron chi connectivity index (χ1n) is 15.4. The van der Waals surface area contributed by atoms with Gasteiger partial charge in [0.15, 0.2) is 0 Å². The number of benzene rings is 7. The Morgan fingerprint density at radius 3 is 1.63 bits per heavy atom. The molecular formula is C41H21N5. The zero-order valence-electron chi connectivity index (χ0n) is 24.4. The van der Waals surface area contributed by atoms with E-state index >= 15 is 0 Å². The predicted octanol–water partition coefficient (Wildman–Crippen LogP) is 10.0. The van der Waals surface area contributed by atoms with E-state index in [9.17, 15) is 5.26 Å². The lowest BCUT2D eigenvalue weighted by molar-refractivity contribution is 1.12. The number of nitriles is 1. The maximum absolute atomic E-state index is 11.0. The molecule has 11 rings (SSSR count). The van der Waals surface area contributed by atoms with Crippen molar-refractivity contribution >= 4 is 87.0 Å². The maximum atomic E-state index is 11.0. The molecule has 0 N–H and O–H groups in total. The average Bonchev–Trinajstić information content (AvgIpc) is 3.64. The lowest BCUT2D eigenvalue weighted by Gasteiger charge is -2.15. The van der Waals surface area contributed by atoms with Gasteiger partial charge in [0, 0.05) is 50.1 Å². The van der Waals surface area contributed by atoms with Crippen LogP contribution >= 0.6 is 0 Å². The van der Waals surface area contributed by atoms with E-state index in [0.717, 1.165) is 66.0 Å². The van der Waals surface area contributed by atoms with Gasteiger partial charge >= 0.3 is 0 Å². The highest BCUT2D eigenvalue weighted by Crippen LogP contribution is 2.46. The van der Waals surface area contributed by atoms with Gasteiger partial charge in [-0.2, -0.15) is 5.26 Å². The van der Waals surface area contributed by atoms with E-state index < -0.39 is 0 Å². The number of fused-ring (bicyclic) bond motifs is 6. The van der Waals surface area contributed by atoms with Crippen LogP contribution in [0.25, 0.3) is 98.3 Å². The average molecular weight is 584 g/mol. The maximum Gasteiger partial charge on any atom is 0.104 e. The van der Waals surface area contributed by atoms with Gasteiger partial charge in [-0.05, 0) is 58.6 Å². The van der Waals surface area contributed by atoms with Crippen molar-refractivity contribution in [3.8, 4) is 17.4 Å². The topological polar surface area (TPSA) is 59.4 Å². The van der Waals surface area contributed by atoms with Crippen molar-refractivity contribution in [1.82, 2.24) is 19.1 Å². The monoisotopic (exact) mass is 583 g/mol. The summed E-state index contributed by atoms with van der Waals surface area (Å²) < 4.78 is 4.53. The second-order valence-electron chi connectivity index (χ2n) is 12.1. The standard InChI is InChI=1S/C41H21N5/c42-22-29-30(45-32-16-4-11-25-27-13-7-20-43-40(27)28-12-5-18-34(45)38(28)36(25)32)14-6-15-31(29)46-33-17-3-10-24-23-8-1-2-9-26(23)41-39(37(24)33)35(46)19-21-44-41/h1-21H. The summed E-state index contributed by atoms with van der Waals surface area (Å²) in [6.07, 6.45) is 3.76. The molecule has 4 heterocycles.